The number of para-hydroxylation sites is 1. The van der Waals surface area contributed by atoms with Gasteiger partial charge in [0.2, 0.25) is 0 Å². The third-order valence-electron chi connectivity index (χ3n) is 5.07. The van der Waals surface area contributed by atoms with Gasteiger partial charge in [0.05, 0.1) is 12.7 Å². The number of piperidine rings is 1. The Hall–Kier alpha value is -1.89. The van der Waals surface area contributed by atoms with E-state index in [0.717, 1.165) is 31.5 Å². The predicted octanol–water partition coefficient (Wildman–Crippen LogP) is 2.99. The molecule has 2 aliphatic heterocycles. The molecule has 3 N–H and O–H groups in total. The molecule has 2 unspecified atom stereocenters. The number of benzene rings is 1. The number of carboxylic acids is 1. The van der Waals surface area contributed by atoms with Crippen LogP contribution in [0.2, 0.25) is 0 Å². The Kier molecular flexibility index (Phi) is 6.29. The lowest BCUT2D eigenvalue weighted by Crippen LogP contribution is -2.51. The molecule has 6 nitrogen and oxygen atoms in total. The molecule has 2 saturated heterocycles. The number of phenols is 1. The second kappa shape index (κ2) is 8.66. The van der Waals surface area contributed by atoms with E-state index in [0.29, 0.717) is 19.4 Å². The maximum atomic E-state index is 10.6. The first-order chi connectivity index (χ1) is 12.6. The molecule has 6 heteroatoms. The highest BCUT2D eigenvalue weighted by molar-refractivity contribution is 5.66. The van der Waals surface area contributed by atoms with Gasteiger partial charge < -0.3 is 25.0 Å². The molecule has 0 aliphatic carbocycles. The van der Waals surface area contributed by atoms with Crippen molar-refractivity contribution in [2.75, 3.05) is 19.7 Å². The van der Waals surface area contributed by atoms with Gasteiger partial charge in [0.1, 0.15) is 5.75 Å². The van der Waals surface area contributed by atoms with E-state index >= 15 is 0 Å². The summed E-state index contributed by atoms with van der Waals surface area (Å²) in [5.74, 6) is -1.06. The molecule has 1 spiro atoms. The lowest BCUT2D eigenvalue weighted by atomic mass is 9.89. The summed E-state index contributed by atoms with van der Waals surface area (Å²) >= 11 is 0. The van der Waals surface area contributed by atoms with Gasteiger partial charge in [0.15, 0.2) is 5.79 Å². The summed E-state index contributed by atoms with van der Waals surface area (Å²) in [6.07, 6.45) is 6.59. The number of carboxylic acid groups (broad SMARTS) is 1. The van der Waals surface area contributed by atoms with E-state index in [9.17, 15) is 9.90 Å². The van der Waals surface area contributed by atoms with E-state index in [-0.39, 0.29) is 24.2 Å². The van der Waals surface area contributed by atoms with E-state index < -0.39 is 11.8 Å². The minimum absolute atomic E-state index is 0.0740. The standard InChI is InChI=1S/C20H27NO5/c22-17-8-5-4-7-16(17)19-15(6-2-1-3-9-18(23)24)14-25-20(26-19)10-12-21-13-11-20/h1-2,4-5,7-8,15,19,21-22H,3,6,9-14H2,(H,23,24). The van der Waals surface area contributed by atoms with Crippen LogP contribution < -0.4 is 5.32 Å². The number of ether oxygens (including phenoxy) is 2. The first kappa shape index (κ1) is 18.9. The number of nitrogens with one attached hydrogen (secondary N) is 1. The summed E-state index contributed by atoms with van der Waals surface area (Å²) in [5.41, 5.74) is 0.789. The lowest BCUT2D eigenvalue weighted by Gasteiger charge is -2.47. The van der Waals surface area contributed by atoms with Gasteiger partial charge in [-0.25, -0.2) is 0 Å². The Morgan fingerprint density at radius 2 is 2.04 bits per heavy atom. The molecule has 3 rings (SSSR count). The van der Waals surface area contributed by atoms with Gasteiger partial charge in [-0.1, -0.05) is 30.4 Å². The van der Waals surface area contributed by atoms with Gasteiger partial charge >= 0.3 is 5.97 Å². The molecule has 1 aromatic rings. The van der Waals surface area contributed by atoms with Crippen LogP contribution >= 0.6 is 0 Å². The van der Waals surface area contributed by atoms with Crippen LogP contribution in [0.25, 0.3) is 0 Å². The third kappa shape index (κ3) is 4.63. The van der Waals surface area contributed by atoms with E-state index in [2.05, 4.69) is 5.32 Å². The molecule has 2 fully saturated rings. The highest BCUT2D eigenvalue weighted by Crippen LogP contribution is 2.44. The quantitative estimate of drug-likeness (QED) is 0.675. The average Bonchev–Trinajstić information content (AvgIpc) is 2.63. The van der Waals surface area contributed by atoms with Gasteiger partial charge in [-0.2, -0.15) is 0 Å². The molecular formula is C20H27NO5. The van der Waals surface area contributed by atoms with E-state index in [1.807, 2.05) is 24.3 Å². The smallest absolute Gasteiger partial charge is 0.303 e. The summed E-state index contributed by atoms with van der Waals surface area (Å²) in [6, 6.07) is 7.30. The van der Waals surface area contributed by atoms with Crippen molar-refractivity contribution in [2.45, 2.75) is 44.0 Å². The first-order valence-electron chi connectivity index (χ1n) is 9.27. The van der Waals surface area contributed by atoms with Crippen molar-refractivity contribution in [3.05, 3.63) is 42.0 Å². The highest BCUT2D eigenvalue weighted by atomic mass is 16.7. The molecule has 0 saturated carbocycles. The van der Waals surface area contributed by atoms with Crippen LogP contribution in [-0.2, 0) is 14.3 Å². The largest absolute Gasteiger partial charge is 0.508 e. The second-order valence-electron chi connectivity index (χ2n) is 6.97. The number of aromatic hydroxyl groups is 1. The number of hydrogen-bond donors (Lipinski definition) is 3. The van der Waals surface area contributed by atoms with Crippen molar-refractivity contribution in [1.82, 2.24) is 5.32 Å². The topological polar surface area (TPSA) is 88.0 Å². The molecule has 0 bridgehead atoms. The molecule has 0 radical (unpaired) electrons. The molecule has 142 valence electrons. The first-order valence-corrected chi connectivity index (χ1v) is 9.27. The predicted molar refractivity (Wildman–Crippen MR) is 96.8 cm³/mol. The maximum absolute atomic E-state index is 10.6. The van der Waals surface area contributed by atoms with Crippen molar-refractivity contribution in [3.8, 4) is 5.75 Å². The molecular weight excluding hydrogens is 334 g/mol. The second-order valence-corrected chi connectivity index (χ2v) is 6.97. The fraction of sp³-hybridized carbons (Fsp3) is 0.550. The van der Waals surface area contributed by atoms with Crippen LogP contribution in [0.4, 0.5) is 0 Å². The Bertz CT molecular complexity index is 639. The summed E-state index contributed by atoms with van der Waals surface area (Å²) in [4.78, 5) is 10.6. The molecule has 2 atom stereocenters. The van der Waals surface area contributed by atoms with Gasteiger partial charge in [0.25, 0.3) is 0 Å². The van der Waals surface area contributed by atoms with Crippen LogP contribution in [0, 0.1) is 5.92 Å². The molecule has 26 heavy (non-hydrogen) atoms. The SMILES string of the molecule is O=C(O)CCC=CCC1COC2(CCNCC2)OC1c1ccccc1O. The van der Waals surface area contributed by atoms with E-state index in [1.54, 1.807) is 12.1 Å². The monoisotopic (exact) mass is 361 g/mol. The summed E-state index contributed by atoms with van der Waals surface area (Å²) in [6.45, 7) is 2.27. The van der Waals surface area contributed by atoms with Crippen molar-refractivity contribution in [1.29, 1.82) is 0 Å². The fourth-order valence-electron chi connectivity index (χ4n) is 3.61. The number of rotatable bonds is 6. The Morgan fingerprint density at radius 1 is 1.27 bits per heavy atom. The molecule has 0 amide bonds. The van der Waals surface area contributed by atoms with Crippen molar-refractivity contribution >= 4 is 5.97 Å². The van der Waals surface area contributed by atoms with Crippen molar-refractivity contribution < 1.29 is 24.5 Å². The zero-order valence-electron chi connectivity index (χ0n) is 14.9. The Morgan fingerprint density at radius 3 is 2.77 bits per heavy atom. The van der Waals surface area contributed by atoms with Crippen LogP contribution in [-0.4, -0.2) is 41.7 Å². The molecule has 0 aromatic heterocycles. The van der Waals surface area contributed by atoms with Crippen molar-refractivity contribution in [3.63, 3.8) is 0 Å². The van der Waals surface area contributed by atoms with E-state index in [1.165, 1.54) is 0 Å². The molecule has 2 aliphatic rings. The van der Waals surface area contributed by atoms with Crippen LogP contribution in [0.5, 0.6) is 5.75 Å². The minimum Gasteiger partial charge on any atom is -0.508 e. The van der Waals surface area contributed by atoms with E-state index in [4.69, 9.17) is 14.6 Å². The number of hydrogen-bond acceptors (Lipinski definition) is 5. The fourth-order valence-corrected chi connectivity index (χ4v) is 3.61. The zero-order valence-corrected chi connectivity index (χ0v) is 14.9. The molecule has 1 aromatic carbocycles. The lowest BCUT2D eigenvalue weighted by molar-refractivity contribution is -0.322. The zero-order chi connectivity index (χ0) is 18.4. The normalized spacial score (nSPS) is 25.5. The summed E-state index contributed by atoms with van der Waals surface area (Å²) in [5, 5.41) is 22.4. The summed E-state index contributed by atoms with van der Waals surface area (Å²) in [7, 11) is 0. The number of aliphatic carboxylic acids is 1. The number of allylic oxidation sites excluding steroid dienone is 2. The Balaban J connectivity index is 1.72. The van der Waals surface area contributed by atoms with Gasteiger partial charge in [0, 0.05) is 43.8 Å². The Labute approximate surface area is 153 Å². The maximum Gasteiger partial charge on any atom is 0.303 e. The van der Waals surface area contributed by atoms with Crippen LogP contribution in [0.3, 0.4) is 0 Å². The number of carbonyl (C=O) groups is 1. The highest BCUT2D eigenvalue weighted by Gasteiger charge is 2.44. The minimum atomic E-state index is -0.793. The number of phenolic OH excluding ortho intramolecular Hbond substituents is 1. The molecule has 2 heterocycles. The van der Waals surface area contributed by atoms with Crippen LogP contribution in [0.15, 0.2) is 36.4 Å². The van der Waals surface area contributed by atoms with Crippen LogP contribution in [0.1, 0.15) is 43.8 Å². The third-order valence-corrected chi connectivity index (χ3v) is 5.07. The van der Waals surface area contributed by atoms with Gasteiger partial charge in [-0.05, 0) is 18.9 Å². The van der Waals surface area contributed by atoms with Crippen molar-refractivity contribution in [2.24, 2.45) is 5.92 Å². The summed E-state index contributed by atoms with van der Waals surface area (Å²) < 4.78 is 12.6. The van der Waals surface area contributed by atoms with Gasteiger partial charge in [-0.15, -0.1) is 0 Å². The van der Waals surface area contributed by atoms with Gasteiger partial charge in [-0.3, -0.25) is 4.79 Å². The average molecular weight is 361 g/mol.